The third kappa shape index (κ3) is 3.91. The Morgan fingerprint density at radius 2 is 1.96 bits per heavy atom. The van der Waals surface area contributed by atoms with Gasteiger partial charge in [0.2, 0.25) is 0 Å². The van der Waals surface area contributed by atoms with E-state index >= 15 is 0 Å². The molecule has 0 amide bonds. The molecule has 2 heterocycles. The third-order valence-electron chi connectivity index (χ3n) is 4.62. The fraction of sp³-hybridized carbons (Fsp3) is 0.389. The molecule has 0 aliphatic carbocycles. The first-order chi connectivity index (χ1) is 12.9. The summed E-state index contributed by atoms with van der Waals surface area (Å²) >= 11 is 6.02. The quantitative estimate of drug-likeness (QED) is 0.803. The third-order valence-corrected chi connectivity index (χ3v) is 4.86. The number of hydrogen-bond acceptors (Lipinski definition) is 5. The van der Waals surface area contributed by atoms with Gasteiger partial charge in [-0.1, -0.05) is 18.0 Å². The van der Waals surface area contributed by atoms with Crippen LogP contribution in [0.5, 0.6) is 5.75 Å². The van der Waals surface area contributed by atoms with Gasteiger partial charge >= 0.3 is 11.7 Å². The van der Waals surface area contributed by atoms with Crippen LogP contribution in [-0.2, 0) is 6.54 Å². The first kappa shape index (κ1) is 19.2. The van der Waals surface area contributed by atoms with Crippen LogP contribution in [0.1, 0.15) is 35.3 Å². The number of nitrogens with zero attached hydrogens (tertiary/aromatic N) is 2. The van der Waals surface area contributed by atoms with E-state index in [1.54, 1.807) is 12.1 Å². The molecule has 1 aromatic carbocycles. The molecule has 2 N–H and O–H groups in total. The number of H-pyrrole nitrogens is 1. The standard InChI is InChI=1S/C18H20ClN3O5/c1-27-14-6-5-11(19)9-13(14)22-16(23)12(10-21-7-3-2-4-8-21)15(17(24)25)20-18(22)26/h5-6,9H,2-4,7-8,10H2,1H3,(H,20,26)(H,24,25). The molecular formula is C18H20ClN3O5. The Morgan fingerprint density at radius 1 is 1.26 bits per heavy atom. The fourth-order valence-corrected chi connectivity index (χ4v) is 3.47. The number of aromatic carboxylic acids is 1. The maximum absolute atomic E-state index is 13.1. The van der Waals surface area contributed by atoms with Gasteiger partial charge in [-0.15, -0.1) is 0 Å². The molecule has 0 unspecified atom stereocenters. The van der Waals surface area contributed by atoms with Gasteiger partial charge in [0.1, 0.15) is 11.4 Å². The van der Waals surface area contributed by atoms with Gasteiger partial charge in [-0.2, -0.15) is 0 Å². The molecule has 2 aromatic rings. The SMILES string of the molecule is COc1ccc(Cl)cc1-n1c(=O)[nH]c(C(=O)O)c(CN2CCCCC2)c1=O. The van der Waals surface area contributed by atoms with Crippen LogP contribution in [0.4, 0.5) is 0 Å². The van der Waals surface area contributed by atoms with E-state index in [9.17, 15) is 19.5 Å². The Bertz CT molecular complexity index is 976. The summed E-state index contributed by atoms with van der Waals surface area (Å²) < 4.78 is 6.11. The molecule has 1 aromatic heterocycles. The second-order valence-electron chi connectivity index (χ2n) is 6.38. The maximum atomic E-state index is 13.1. The van der Waals surface area contributed by atoms with Gasteiger partial charge in [0.05, 0.1) is 18.4 Å². The smallest absolute Gasteiger partial charge is 0.352 e. The van der Waals surface area contributed by atoms with E-state index in [2.05, 4.69) is 4.98 Å². The van der Waals surface area contributed by atoms with Crippen molar-refractivity contribution in [2.75, 3.05) is 20.2 Å². The van der Waals surface area contributed by atoms with Crippen molar-refractivity contribution >= 4 is 17.6 Å². The summed E-state index contributed by atoms with van der Waals surface area (Å²) in [7, 11) is 1.41. The molecule has 9 heteroatoms. The number of piperidine rings is 1. The Hall–Kier alpha value is -2.58. The van der Waals surface area contributed by atoms with E-state index in [-0.39, 0.29) is 29.2 Å². The number of ether oxygens (including phenoxy) is 1. The lowest BCUT2D eigenvalue weighted by Gasteiger charge is -2.26. The van der Waals surface area contributed by atoms with Gasteiger partial charge in [0.15, 0.2) is 0 Å². The minimum absolute atomic E-state index is 0.0334. The van der Waals surface area contributed by atoms with E-state index in [1.807, 2.05) is 4.90 Å². The molecule has 0 radical (unpaired) electrons. The number of nitrogens with one attached hydrogen (secondary N) is 1. The van der Waals surface area contributed by atoms with Gasteiger partial charge in [-0.25, -0.2) is 14.2 Å². The Labute approximate surface area is 160 Å². The van der Waals surface area contributed by atoms with Crippen LogP contribution in [0, 0.1) is 0 Å². The van der Waals surface area contributed by atoms with Crippen molar-refractivity contribution in [2.45, 2.75) is 25.8 Å². The van der Waals surface area contributed by atoms with E-state index in [0.717, 1.165) is 36.9 Å². The molecule has 1 fully saturated rings. The van der Waals surface area contributed by atoms with E-state index in [1.165, 1.54) is 13.2 Å². The average Bonchev–Trinajstić information content (AvgIpc) is 2.65. The number of methoxy groups -OCH3 is 1. The van der Waals surface area contributed by atoms with E-state index < -0.39 is 17.2 Å². The van der Waals surface area contributed by atoms with Crippen molar-refractivity contribution in [3.63, 3.8) is 0 Å². The van der Waals surface area contributed by atoms with Crippen molar-refractivity contribution in [2.24, 2.45) is 0 Å². The number of aromatic nitrogens is 2. The van der Waals surface area contributed by atoms with Gasteiger partial charge in [0, 0.05) is 11.6 Å². The summed E-state index contributed by atoms with van der Waals surface area (Å²) in [6.07, 6.45) is 3.09. The Kier molecular flexibility index (Phi) is 5.67. The molecule has 0 bridgehead atoms. The van der Waals surface area contributed by atoms with Crippen LogP contribution in [0.2, 0.25) is 5.02 Å². The molecule has 144 valence electrons. The minimum Gasteiger partial charge on any atom is -0.495 e. The predicted molar refractivity (Wildman–Crippen MR) is 100 cm³/mol. The number of likely N-dealkylation sites (tertiary alicyclic amines) is 1. The van der Waals surface area contributed by atoms with Gasteiger partial charge in [0.25, 0.3) is 5.56 Å². The fourth-order valence-electron chi connectivity index (χ4n) is 3.30. The van der Waals surface area contributed by atoms with Crippen LogP contribution in [0.25, 0.3) is 5.69 Å². The average molecular weight is 394 g/mol. The number of carbonyl (C=O) groups is 1. The van der Waals surface area contributed by atoms with Crippen molar-refractivity contribution in [3.05, 3.63) is 55.3 Å². The van der Waals surface area contributed by atoms with Gasteiger partial charge < -0.3 is 14.8 Å². The molecule has 1 aliphatic rings. The van der Waals surface area contributed by atoms with Crippen molar-refractivity contribution < 1.29 is 14.6 Å². The lowest BCUT2D eigenvalue weighted by molar-refractivity contribution is 0.0686. The summed E-state index contributed by atoms with van der Waals surface area (Å²) in [5, 5.41) is 9.78. The van der Waals surface area contributed by atoms with Crippen LogP contribution in [0.3, 0.4) is 0 Å². The molecule has 27 heavy (non-hydrogen) atoms. The Balaban J connectivity index is 2.20. The first-order valence-corrected chi connectivity index (χ1v) is 8.98. The number of rotatable bonds is 5. The normalized spacial score (nSPS) is 14.9. The number of carboxylic acids is 1. The summed E-state index contributed by atoms with van der Waals surface area (Å²) in [5.74, 6) is -1.07. The van der Waals surface area contributed by atoms with Gasteiger partial charge in [-0.3, -0.25) is 9.69 Å². The van der Waals surface area contributed by atoms with E-state index in [4.69, 9.17) is 16.3 Å². The molecule has 3 rings (SSSR count). The monoisotopic (exact) mass is 393 g/mol. The summed E-state index contributed by atoms with van der Waals surface area (Å²) in [6.45, 7) is 1.70. The highest BCUT2D eigenvalue weighted by Gasteiger charge is 2.24. The number of benzene rings is 1. The Morgan fingerprint density at radius 3 is 2.59 bits per heavy atom. The molecule has 0 saturated carbocycles. The highest BCUT2D eigenvalue weighted by Crippen LogP contribution is 2.24. The molecule has 1 saturated heterocycles. The summed E-state index contributed by atoms with van der Waals surface area (Å²) in [4.78, 5) is 41.6. The maximum Gasteiger partial charge on any atom is 0.352 e. The lowest BCUT2D eigenvalue weighted by atomic mass is 10.1. The summed E-state index contributed by atoms with van der Waals surface area (Å²) in [6, 6.07) is 4.55. The predicted octanol–water partition coefficient (Wildman–Crippen LogP) is 1.87. The molecule has 0 spiro atoms. The second-order valence-corrected chi connectivity index (χ2v) is 6.82. The largest absolute Gasteiger partial charge is 0.495 e. The topological polar surface area (TPSA) is 105 Å². The van der Waals surface area contributed by atoms with Crippen molar-refractivity contribution in [1.82, 2.24) is 14.5 Å². The minimum atomic E-state index is -1.35. The summed E-state index contributed by atoms with van der Waals surface area (Å²) in [5.41, 5.74) is -1.74. The van der Waals surface area contributed by atoms with E-state index in [0.29, 0.717) is 5.02 Å². The van der Waals surface area contributed by atoms with Crippen LogP contribution < -0.4 is 16.0 Å². The molecule has 0 atom stereocenters. The lowest BCUT2D eigenvalue weighted by Crippen LogP contribution is -2.41. The number of carboxylic acid groups (broad SMARTS) is 1. The van der Waals surface area contributed by atoms with Crippen LogP contribution in [0.15, 0.2) is 27.8 Å². The highest BCUT2D eigenvalue weighted by molar-refractivity contribution is 6.30. The van der Waals surface area contributed by atoms with Crippen LogP contribution in [-0.4, -0.2) is 45.7 Å². The number of aromatic amines is 1. The zero-order chi connectivity index (χ0) is 19.6. The highest BCUT2D eigenvalue weighted by atomic mass is 35.5. The zero-order valence-electron chi connectivity index (χ0n) is 14.8. The zero-order valence-corrected chi connectivity index (χ0v) is 15.6. The number of hydrogen-bond donors (Lipinski definition) is 2. The second kappa shape index (κ2) is 7.98. The number of halogens is 1. The van der Waals surface area contributed by atoms with Crippen LogP contribution >= 0.6 is 11.6 Å². The first-order valence-electron chi connectivity index (χ1n) is 8.60. The molecule has 8 nitrogen and oxygen atoms in total. The molecule has 1 aliphatic heterocycles. The van der Waals surface area contributed by atoms with Gasteiger partial charge in [-0.05, 0) is 44.1 Å². The van der Waals surface area contributed by atoms with Crippen molar-refractivity contribution in [1.29, 1.82) is 0 Å². The van der Waals surface area contributed by atoms with Crippen molar-refractivity contribution in [3.8, 4) is 11.4 Å². The molecular weight excluding hydrogens is 374 g/mol.